The highest BCUT2D eigenvalue weighted by Crippen LogP contribution is 2.17. The molecule has 0 bridgehead atoms. The van der Waals surface area contributed by atoms with Crippen molar-refractivity contribution in [2.75, 3.05) is 18.0 Å². The zero-order valence-electron chi connectivity index (χ0n) is 17.7. The first-order valence-corrected chi connectivity index (χ1v) is 10.7. The number of pyridine rings is 1. The van der Waals surface area contributed by atoms with Gasteiger partial charge in [-0.15, -0.1) is 0 Å². The lowest BCUT2D eigenvalue weighted by Gasteiger charge is -2.32. The molecule has 0 unspecified atom stereocenters. The van der Waals surface area contributed by atoms with Gasteiger partial charge in [-0.2, -0.15) is 0 Å². The molecule has 0 aliphatic carbocycles. The van der Waals surface area contributed by atoms with E-state index in [-0.39, 0.29) is 23.1 Å². The molecule has 3 heterocycles. The van der Waals surface area contributed by atoms with E-state index in [2.05, 4.69) is 20.2 Å². The van der Waals surface area contributed by atoms with E-state index in [4.69, 9.17) is 0 Å². The lowest BCUT2D eigenvalue weighted by atomic mass is 10.0. The third kappa shape index (κ3) is 4.99. The Bertz CT molecular complexity index is 1070. The van der Waals surface area contributed by atoms with Gasteiger partial charge in [-0.25, -0.2) is 4.98 Å². The molecular weight excluding hydrogens is 390 g/mol. The minimum atomic E-state index is -0.283. The van der Waals surface area contributed by atoms with Crippen LogP contribution in [-0.2, 0) is 13.0 Å². The van der Waals surface area contributed by atoms with Gasteiger partial charge < -0.3 is 14.8 Å². The number of benzene rings is 1. The number of hydrogen-bond donors (Lipinski definition) is 1. The van der Waals surface area contributed by atoms with Crippen LogP contribution in [0.25, 0.3) is 0 Å². The first-order chi connectivity index (χ1) is 15.1. The Hall–Kier alpha value is -3.48. The number of amides is 1. The Labute approximate surface area is 181 Å². The molecule has 1 amide bonds. The molecule has 0 radical (unpaired) electrons. The van der Waals surface area contributed by atoms with Gasteiger partial charge in [0.05, 0.1) is 6.20 Å². The number of piperidine rings is 1. The van der Waals surface area contributed by atoms with Crippen molar-refractivity contribution in [3.63, 3.8) is 0 Å². The van der Waals surface area contributed by atoms with Gasteiger partial charge >= 0.3 is 0 Å². The molecule has 7 heteroatoms. The third-order valence-corrected chi connectivity index (χ3v) is 5.79. The Kier molecular flexibility index (Phi) is 6.40. The summed E-state index contributed by atoms with van der Waals surface area (Å²) in [5.74, 6) is 0.571. The molecule has 0 atom stereocenters. The SMILES string of the molecule is Cc1ccn(CCc2ccccc2)c(=O)c1C(=O)NC1CCN(c2cnccn2)CC1. The van der Waals surface area contributed by atoms with Gasteiger partial charge in [-0.05, 0) is 43.4 Å². The van der Waals surface area contributed by atoms with E-state index in [1.807, 2.05) is 43.3 Å². The van der Waals surface area contributed by atoms with E-state index < -0.39 is 0 Å². The summed E-state index contributed by atoms with van der Waals surface area (Å²) in [6.45, 7) is 3.94. The van der Waals surface area contributed by atoms with Crippen LogP contribution in [0.15, 0.2) is 66.0 Å². The third-order valence-electron chi connectivity index (χ3n) is 5.79. The molecule has 1 aliphatic heterocycles. The molecule has 7 nitrogen and oxygen atoms in total. The van der Waals surface area contributed by atoms with Gasteiger partial charge in [0, 0.05) is 44.3 Å². The van der Waals surface area contributed by atoms with E-state index >= 15 is 0 Å². The molecule has 0 spiro atoms. The lowest BCUT2D eigenvalue weighted by molar-refractivity contribution is 0.0928. The van der Waals surface area contributed by atoms with E-state index in [1.165, 1.54) is 0 Å². The van der Waals surface area contributed by atoms with Crippen LogP contribution >= 0.6 is 0 Å². The molecule has 160 valence electrons. The molecule has 2 aromatic heterocycles. The molecule has 1 N–H and O–H groups in total. The predicted octanol–water partition coefficient (Wildman–Crippen LogP) is 2.59. The summed E-state index contributed by atoms with van der Waals surface area (Å²) in [6.07, 6.45) is 9.22. The Balaban J connectivity index is 1.40. The van der Waals surface area contributed by atoms with Crippen molar-refractivity contribution in [1.29, 1.82) is 0 Å². The van der Waals surface area contributed by atoms with Crippen LogP contribution in [0.4, 0.5) is 5.82 Å². The second kappa shape index (κ2) is 9.55. The number of hydrogen-bond acceptors (Lipinski definition) is 5. The van der Waals surface area contributed by atoms with E-state index in [0.29, 0.717) is 12.1 Å². The average Bonchev–Trinajstić information content (AvgIpc) is 2.80. The van der Waals surface area contributed by atoms with Crippen LogP contribution in [0, 0.1) is 6.92 Å². The number of carbonyl (C=O) groups excluding carboxylic acids is 1. The van der Waals surface area contributed by atoms with Crippen LogP contribution < -0.4 is 15.8 Å². The fourth-order valence-corrected chi connectivity index (χ4v) is 3.98. The highest BCUT2D eigenvalue weighted by Gasteiger charge is 2.24. The topological polar surface area (TPSA) is 80.1 Å². The summed E-state index contributed by atoms with van der Waals surface area (Å²) in [5.41, 5.74) is 1.88. The van der Waals surface area contributed by atoms with Gasteiger partial charge in [-0.1, -0.05) is 30.3 Å². The van der Waals surface area contributed by atoms with Crippen LogP contribution in [0.3, 0.4) is 0 Å². The maximum Gasteiger partial charge on any atom is 0.263 e. The summed E-state index contributed by atoms with van der Waals surface area (Å²) in [4.78, 5) is 36.6. The van der Waals surface area contributed by atoms with Crippen LogP contribution in [0.2, 0.25) is 0 Å². The minimum absolute atomic E-state index is 0.0391. The van der Waals surface area contributed by atoms with Crippen molar-refractivity contribution >= 4 is 11.7 Å². The molecular formula is C24H27N5O2. The predicted molar refractivity (Wildman–Crippen MR) is 120 cm³/mol. The summed E-state index contributed by atoms with van der Waals surface area (Å²) in [7, 11) is 0. The largest absolute Gasteiger partial charge is 0.355 e. The minimum Gasteiger partial charge on any atom is -0.355 e. The number of nitrogens with zero attached hydrogens (tertiary/aromatic N) is 4. The Morgan fingerprint density at radius 2 is 1.90 bits per heavy atom. The number of anilines is 1. The first-order valence-electron chi connectivity index (χ1n) is 10.7. The van der Waals surface area contributed by atoms with Crippen molar-refractivity contribution in [2.45, 2.75) is 38.8 Å². The molecule has 1 fully saturated rings. The average molecular weight is 418 g/mol. The fraction of sp³-hybridized carbons (Fsp3) is 0.333. The Morgan fingerprint density at radius 1 is 1.13 bits per heavy atom. The summed E-state index contributed by atoms with van der Waals surface area (Å²) in [6, 6.07) is 11.9. The van der Waals surface area contributed by atoms with Gasteiger partial charge in [-0.3, -0.25) is 14.6 Å². The number of carbonyl (C=O) groups is 1. The quantitative estimate of drug-likeness (QED) is 0.667. The zero-order chi connectivity index (χ0) is 21.6. The van der Waals surface area contributed by atoms with Crippen molar-refractivity contribution in [2.24, 2.45) is 0 Å². The second-order valence-corrected chi connectivity index (χ2v) is 7.91. The standard InChI is InChI=1S/C24H27N5O2/c1-18-7-13-29(14-8-19-5-3-2-4-6-19)24(31)22(18)23(30)27-20-9-15-28(16-10-20)21-17-25-11-12-26-21/h2-7,11-13,17,20H,8-10,14-16H2,1H3,(H,27,30). The fourth-order valence-electron chi connectivity index (χ4n) is 3.98. The van der Waals surface area contributed by atoms with E-state index in [0.717, 1.165) is 43.7 Å². The summed E-state index contributed by atoms with van der Waals surface area (Å²) < 4.78 is 1.63. The highest BCUT2D eigenvalue weighted by atomic mass is 16.2. The Morgan fingerprint density at radius 3 is 2.61 bits per heavy atom. The summed E-state index contributed by atoms with van der Waals surface area (Å²) >= 11 is 0. The van der Waals surface area contributed by atoms with Gasteiger partial charge in [0.25, 0.3) is 11.5 Å². The summed E-state index contributed by atoms with van der Waals surface area (Å²) in [5, 5.41) is 3.07. The van der Waals surface area contributed by atoms with Crippen molar-refractivity contribution in [1.82, 2.24) is 19.9 Å². The maximum absolute atomic E-state index is 13.0. The number of nitrogens with one attached hydrogen (secondary N) is 1. The van der Waals surface area contributed by atoms with E-state index in [9.17, 15) is 9.59 Å². The number of aromatic nitrogens is 3. The lowest BCUT2D eigenvalue weighted by Crippen LogP contribution is -2.46. The van der Waals surface area contributed by atoms with Gasteiger partial charge in [0.1, 0.15) is 11.4 Å². The zero-order valence-corrected chi connectivity index (χ0v) is 17.7. The maximum atomic E-state index is 13.0. The molecule has 0 saturated carbocycles. The molecule has 1 aromatic carbocycles. The van der Waals surface area contributed by atoms with Crippen molar-refractivity contribution in [3.05, 3.63) is 88.2 Å². The molecule has 3 aromatic rings. The van der Waals surface area contributed by atoms with E-state index in [1.54, 1.807) is 29.4 Å². The van der Waals surface area contributed by atoms with Crippen LogP contribution in [0.1, 0.15) is 34.3 Å². The first kappa shape index (κ1) is 20.8. The van der Waals surface area contributed by atoms with Crippen molar-refractivity contribution in [3.8, 4) is 0 Å². The van der Waals surface area contributed by atoms with Crippen molar-refractivity contribution < 1.29 is 4.79 Å². The molecule has 1 saturated heterocycles. The van der Waals surface area contributed by atoms with Gasteiger partial charge in [0.2, 0.25) is 0 Å². The normalized spacial score (nSPS) is 14.4. The molecule has 4 rings (SSSR count). The molecule has 31 heavy (non-hydrogen) atoms. The van der Waals surface area contributed by atoms with Gasteiger partial charge in [0.15, 0.2) is 0 Å². The smallest absolute Gasteiger partial charge is 0.263 e. The van der Waals surface area contributed by atoms with Crippen LogP contribution in [0.5, 0.6) is 0 Å². The highest BCUT2D eigenvalue weighted by molar-refractivity contribution is 5.95. The monoisotopic (exact) mass is 417 g/mol. The number of aryl methyl sites for hydroxylation is 3. The van der Waals surface area contributed by atoms with Crippen LogP contribution in [-0.4, -0.2) is 39.6 Å². The molecule has 1 aliphatic rings. The second-order valence-electron chi connectivity index (χ2n) is 7.91. The number of rotatable bonds is 6.